The topological polar surface area (TPSA) is 61.8 Å². The van der Waals surface area contributed by atoms with E-state index in [-0.39, 0.29) is 34.8 Å². The van der Waals surface area contributed by atoms with Crippen molar-refractivity contribution < 1.29 is 28.2 Å². The fraction of sp³-hybridized carbons (Fsp3) is 0.419. The van der Waals surface area contributed by atoms with Crippen molar-refractivity contribution in [3.8, 4) is 11.5 Å². The Morgan fingerprint density at radius 1 is 0.865 bits per heavy atom. The van der Waals surface area contributed by atoms with E-state index in [4.69, 9.17) is 14.2 Å². The third kappa shape index (κ3) is 4.94. The smallest absolute Gasteiger partial charge is 0.163 e. The van der Waals surface area contributed by atoms with E-state index in [1.807, 2.05) is 18.2 Å². The van der Waals surface area contributed by atoms with Gasteiger partial charge in [0, 0.05) is 48.3 Å². The highest BCUT2D eigenvalue weighted by molar-refractivity contribution is 6.06. The molecule has 0 amide bonds. The number of carbonyl (C=O) groups excluding carboxylic acids is 2. The van der Waals surface area contributed by atoms with E-state index < -0.39 is 5.92 Å². The Labute approximate surface area is 217 Å². The summed E-state index contributed by atoms with van der Waals surface area (Å²) in [5, 5.41) is 0. The maximum absolute atomic E-state index is 13.5. The molecule has 0 spiro atoms. The summed E-state index contributed by atoms with van der Waals surface area (Å²) in [4.78, 5) is 27.1. The fourth-order valence-electron chi connectivity index (χ4n) is 5.79. The first kappa shape index (κ1) is 25.2. The molecule has 194 valence electrons. The third-order valence-corrected chi connectivity index (χ3v) is 7.43. The number of methoxy groups -OCH3 is 1. The van der Waals surface area contributed by atoms with Gasteiger partial charge in [0.25, 0.3) is 0 Å². The van der Waals surface area contributed by atoms with Gasteiger partial charge in [0.2, 0.25) is 0 Å². The van der Waals surface area contributed by atoms with Crippen LogP contribution in [0.25, 0.3) is 0 Å². The summed E-state index contributed by atoms with van der Waals surface area (Å²) in [6.45, 7) is 8.48. The van der Waals surface area contributed by atoms with Gasteiger partial charge in [-0.1, -0.05) is 33.8 Å². The van der Waals surface area contributed by atoms with E-state index in [0.29, 0.717) is 59.8 Å². The van der Waals surface area contributed by atoms with Crippen LogP contribution in [0, 0.1) is 16.6 Å². The lowest BCUT2D eigenvalue weighted by Crippen LogP contribution is -2.37. The molecule has 0 aromatic heterocycles. The molecule has 0 atom stereocenters. The minimum absolute atomic E-state index is 0.0281. The molecule has 6 heteroatoms. The second kappa shape index (κ2) is 9.16. The fourth-order valence-corrected chi connectivity index (χ4v) is 5.79. The molecule has 0 fully saturated rings. The van der Waals surface area contributed by atoms with E-state index >= 15 is 0 Å². The average molecular weight is 505 g/mol. The zero-order valence-electron chi connectivity index (χ0n) is 22.1. The first-order valence-electron chi connectivity index (χ1n) is 12.7. The Morgan fingerprint density at radius 3 is 1.97 bits per heavy atom. The van der Waals surface area contributed by atoms with Crippen molar-refractivity contribution in [3.05, 3.63) is 82.1 Å². The van der Waals surface area contributed by atoms with Crippen molar-refractivity contribution in [2.24, 2.45) is 10.8 Å². The first-order chi connectivity index (χ1) is 17.5. The Balaban J connectivity index is 1.59. The molecular formula is C31H33FO5. The highest BCUT2D eigenvalue weighted by Gasteiger charge is 2.47. The largest absolute Gasteiger partial charge is 0.496 e. The number of allylic oxidation sites excluding steroid dienone is 4. The predicted octanol–water partition coefficient (Wildman–Crippen LogP) is 6.81. The zero-order valence-corrected chi connectivity index (χ0v) is 22.1. The van der Waals surface area contributed by atoms with Gasteiger partial charge in [0.05, 0.1) is 7.11 Å². The Bertz CT molecular complexity index is 1280. The summed E-state index contributed by atoms with van der Waals surface area (Å²) in [7, 11) is 1.59. The van der Waals surface area contributed by atoms with Gasteiger partial charge in [-0.2, -0.15) is 0 Å². The van der Waals surface area contributed by atoms with Crippen molar-refractivity contribution in [2.75, 3.05) is 7.11 Å². The average Bonchev–Trinajstić information content (AvgIpc) is 2.80. The SMILES string of the molecule is COc1ccc(C2C3=C(CC(C)(C)CC3=O)OC3=C2C(=O)CC(C)(C)C3)cc1COc1ccc(F)cc1. The molecule has 5 rings (SSSR count). The molecule has 5 nitrogen and oxygen atoms in total. The van der Waals surface area contributed by atoms with Gasteiger partial charge in [-0.15, -0.1) is 0 Å². The lowest BCUT2D eigenvalue weighted by atomic mass is 9.65. The summed E-state index contributed by atoms with van der Waals surface area (Å²) >= 11 is 0. The minimum Gasteiger partial charge on any atom is -0.496 e. The first-order valence-corrected chi connectivity index (χ1v) is 12.7. The van der Waals surface area contributed by atoms with Gasteiger partial charge >= 0.3 is 0 Å². The molecule has 0 saturated carbocycles. The predicted molar refractivity (Wildman–Crippen MR) is 138 cm³/mol. The highest BCUT2D eigenvalue weighted by atomic mass is 19.1. The van der Waals surface area contributed by atoms with Crippen molar-refractivity contribution in [1.82, 2.24) is 0 Å². The summed E-state index contributed by atoms with van der Waals surface area (Å²) in [6, 6.07) is 11.6. The molecule has 2 aromatic carbocycles. The van der Waals surface area contributed by atoms with Crippen LogP contribution in [0.1, 0.15) is 70.4 Å². The molecule has 0 saturated heterocycles. The van der Waals surface area contributed by atoms with Crippen molar-refractivity contribution in [1.29, 1.82) is 0 Å². The lowest BCUT2D eigenvalue weighted by molar-refractivity contribution is -0.120. The van der Waals surface area contributed by atoms with Crippen LogP contribution in [-0.4, -0.2) is 18.7 Å². The number of ether oxygens (including phenoxy) is 3. The number of hydrogen-bond acceptors (Lipinski definition) is 5. The number of ketones is 2. The minimum atomic E-state index is -0.485. The normalized spacial score (nSPS) is 20.8. The second-order valence-corrected chi connectivity index (χ2v) is 11.9. The second-order valence-electron chi connectivity index (χ2n) is 11.9. The molecule has 1 heterocycles. The van der Waals surface area contributed by atoms with Gasteiger partial charge < -0.3 is 14.2 Å². The molecule has 0 unspecified atom stereocenters. The van der Waals surface area contributed by atoms with Crippen LogP contribution in [0.4, 0.5) is 4.39 Å². The van der Waals surface area contributed by atoms with Crippen LogP contribution in [-0.2, 0) is 20.9 Å². The molecule has 0 N–H and O–H groups in total. The van der Waals surface area contributed by atoms with Gasteiger partial charge in [-0.25, -0.2) is 4.39 Å². The summed E-state index contributed by atoms with van der Waals surface area (Å²) < 4.78 is 31.2. The Kier molecular flexibility index (Phi) is 6.25. The number of rotatable bonds is 5. The van der Waals surface area contributed by atoms with Crippen molar-refractivity contribution in [2.45, 2.75) is 65.9 Å². The Hall–Kier alpha value is -3.41. The number of halogens is 1. The standard InChI is InChI=1S/C31H33FO5/c1-30(2)13-22(33)28-25(15-30)37-26-16-31(3,4)14-23(34)29(26)27(28)18-6-11-24(35-5)19(12-18)17-36-21-9-7-20(32)8-10-21/h6-12,27H,13-17H2,1-5H3. The summed E-state index contributed by atoms with van der Waals surface area (Å²) in [6.07, 6.45) is 2.11. The monoisotopic (exact) mass is 504 g/mol. The van der Waals surface area contributed by atoms with Crippen LogP contribution < -0.4 is 9.47 Å². The van der Waals surface area contributed by atoms with Crippen LogP contribution in [0.3, 0.4) is 0 Å². The van der Waals surface area contributed by atoms with Crippen molar-refractivity contribution in [3.63, 3.8) is 0 Å². The molecular weight excluding hydrogens is 471 g/mol. The highest BCUT2D eigenvalue weighted by Crippen LogP contribution is 2.53. The van der Waals surface area contributed by atoms with Gasteiger partial charge in [-0.3, -0.25) is 9.59 Å². The number of benzene rings is 2. The summed E-state index contributed by atoms with van der Waals surface area (Å²) in [5.74, 6) is 1.78. The van der Waals surface area contributed by atoms with Gasteiger partial charge in [0.1, 0.15) is 35.4 Å². The van der Waals surface area contributed by atoms with E-state index in [1.54, 1.807) is 19.2 Å². The van der Waals surface area contributed by atoms with E-state index in [0.717, 1.165) is 11.1 Å². The quantitative estimate of drug-likeness (QED) is 0.447. The molecule has 2 aromatic rings. The number of carbonyl (C=O) groups is 2. The molecule has 1 aliphatic heterocycles. The molecule has 0 radical (unpaired) electrons. The molecule has 2 aliphatic carbocycles. The van der Waals surface area contributed by atoms with E-state index in [1.165, 1.54) is 12.1 Å². The van der Waals surface area contributed by atoms with Crippen LogP contribution in [0.15, 0.2) is 65.1 Å². The van der Waals surface area contributed by atoms with E-state index in [9.17, 15) is 14.0 Å². The Morgan fingerprint density at radius 2 is 1.43 bits per heavy atom. The zero-order chi connectivity index (χ0) is 26.5. The van der Waals surface area contributed by atoms with Crippen LogP contribution in [0.5, 0.6) is 11.5 Å². The molecule has 37 heavy (non-hydrogen) atoms. The lowest BCUT2D eigenvalue weighted by Gasteiger charge is -2.42. The van der Waals surface area contributed by atoms with E-state index in [2.05, 4.69) is 27.7 Å². The van der Waals surface area contributed by atoms with Crippen molar-refractivity contribution >= 4 is 11.6 Å². The van der Waals surface area contributed by atoms with Gasteiger partial charge in [-0.05, 0) is 52.8 Å². The van der Waals surface area contributed by atoms with Crippen LogP contribution >= 0.6 is 0 Å². The maximum atomic E-state index is 13.5. The number of Topliss-reactive ketones (excluding diaryl/α,β-unsaturated/α-hetero) is 2. The third-order valence-electron chi connectivity index (χ3n) is 7.43. The van der Waals surface area contributed by atoms with Gasteiger partial charge in [0.15, 0.2) is 11.6 Å². The molecule has 0 bridgehead atoms. The molecule has 3 aliphatic rings. The maximum Gasteiger partial charge on any atom is 0.163 e. The van der Waals surface area contributed by atoms with Crippen LogP contribution in [0.2, 0.25) is 0 Å². The number of hydrogen-bond donors (Lipinski definition) is 0. The summed E-state index contributed by atoms with van der Waals surface area (Å²) in [5.41, 5.74) is 2.39.